The summed E-state index contributed by atoms with van der Waals surface area (Å²) in [4.78, 5) is 29.0. The molecule has 0 aliphatic carbocycles. The highest BCUT2D eigenvalue weighted by molar-refractivity contribution is 6.12. The molecule has 3 rings (SSSR count). The lowest BCUT2D eigenvalue weighted by Gasteiger charge is -2.13. The van der Waals surface area contributed by atoms with Gasteiger partial charge in [0.2, 0.25) is 5.88 Å². The summed E-state index contributed by atoms with van der Waals surface area (Å²) in [6.07, 6.45) is -3.21. The molecule has 0 bridgehead atoms. The Morgan fingerprint density at radius 2 is 1.70 bits per heavy atom. The van der Waals surface area contributed by atoms with Crippen molar-refractivity contribution in [3.63, 3.8) is 0 Å². The molecular weight excluding hydrogens is 399 g/mol. The Morgan fingerprint density at radius 1 is 0.933 bits per heavy atom. The Hall–Kier alpha value is -3.88. The molecule has 6 nitrogen and oxygen atoms in total. The van der Waals surface area contributed by atoms with Gasteiger partial charge in [-0.2, -0.15) is 13.2 Å². The topological polar surface area (TPSA) is 80.3 Å². The molecule has 0 fully saturated rings. The number of anilines is 2. The van der Waals surface area contributed by atoms with Crippen molar-refractivity contribution >= 4 is 23.2 Å². The quantitative estimate of drug-likeness (QED) is 0.638. The van der Waals surface area contributed by atoms with Gasteiger partial charge in [-0.15, -0.1) is 0 Å². The molecule has 30 heavy (non-hydrogen) atoms. The second-order valence-corrected chi connectivity index (χ2v) is 6.12. The van der Waals surface area contributed by atoms with Crippen molar-refractivity contribution in [1.29, 1.82) is 0 Å². The number of hydrogen-bond donors (Lipinski definition) is 2. The monoisotopic (exact) mass is 415 g/mol. The van der Waals surface area contributed by atoms with Gasteiger partial charge in [-0.25, -0.2) is 4.98 Å². The number of hydrogen-bond acceptors (Lipinski definition) is 4. The highest BCUT2D eigenvalue weighted by atomic mass is 19.4. The van der Waals surface area contributed by atoms with Crippen LogP contribution in [-0.2, 0) is 6.18 Å². The van der Waals surface area contributed by atoms with Crippen molar-refractivity contribution in [2.45, 2.75) is 6.18 Å². The molecule has 0 saturated heterocycles. The van der Waals surface area contributed by atoms with Crippen molar-refractivity contribution in [2.24, 2.45) is 0 Å². The summed E-state index contributed by atoms with van der Waals surface area (Å²) in [6.45, 7) is 0. The highest BCUT2D eigenvalue weighted by Crippen LogP contribution is 2.31. The van der Waals surface area contributed by atoms with E-state index in [1.807, 2.05) is 0 Å². The Labute approximate surface area is 169 Å². The third-order valence-electron chi connectivity index (χ3n) is 4.08. The highest BCUT2D eigenvalue weighted by Gasteiger charge is 2.30. The number of nitrogens with zero attached hydrogens (tertiary/aromatic N) is 1. The number of pyridine rings is 1. The first-order valence-electron chi connectivity index (χ1n) is 8.67. The van der Waals surface area contributed by atoms with Crippen molar-refractivity contribution in [3.8, 4) is 5.88 Å². The van der Waals surface area contributed by atoms with Gasteiger partial charge in [0.1, 0.15) is 0 Å². The first-order chi connectivity index (χ1) is 14.3. The van der Waals surface area contributed by atoms with E-state index in [2.05, 4.69) is 15.6 Å². The van der Waals surface area contributed by atoms with Crippen molar-refractivity contribution < 1.29 is 27.5 Å². The zero-order chi connectivity index (χ0) is 21.7. The third kappa shape index (κ3) is 4.93. The van der Waals surface area contributed by atoms with Crippen LogP contribution in [-0.4, -0.2) is 23.9 Å². The maximum Gasteiger partial charge on any atom is 0.416 e. The molecule has 3 aromatic rings. The van der Waals surface area contributed by atoms with E-state index in [0.29, 0.717) is 5.88 Å². The molecule has 2 N–H and O–H groups in total. The van der Waals surface area contributed by atoms with Crippen LogP contribution in [0.15, 0.2) is 66.9 Å². The smallest absolute Gasteiger partial charge is 0.416 e. The van der Waals surface area contributed by atoms with E-state index in [1.165, 1.54) is 49.7 Å². The average molecular weight is 415 g/mol. The van der Waals surface area contributed by atoms with E-state index in [-0.39, 0.29) is 22.5 Å². The van der Waals surface area contributed by atoms with Gasteiger partial charge in [0.25, 0.3) is 11.8 Å². The van der Waals surface area contributed by atoms with E-state index in [4.69, 9.17) is 4.74 Å². The molecule has 154 valence electrons. The van der Waals surface area contributed by atoms with Gasteiger partial charge in [-0.05, 0) is 36.4 Å². The first-order valence-corrected chi connectivity index (χ1v) is 8.67. The zero-order valence-corrected chi connectivity index (χ0v) is 15.7. The van der Waals surface area contributed by atoms with E-state index >= 15 is 0 Å². The fourth-order valence-electron chi connectivity index (χ4n) is 2.59. The summed E-state index contributed by atoms with van der Waals surface area (Å²) < 4.78 is 43.6. The zero-order valence-electron chi connectivity index (χ0n) is 15.7. The molecule has 0 unspecified atom stereocenters. The van der Waals surface area contributed by atoms with Crippen LogP contribution in [0.3, 0.4) is 0 Å². The normalized spacial score (nSPS) is 10.9. The molecule has 0 atom stereocenters. The molecule has 9 heteroatoms. The van der Waals surface area contributed by atoms with Gasteiger partial charge in [0.05, 0.1) is 29.5 Å². The number of halogens is 3. The fourth-order valence-corrected chi connectivity index (χ4v) is 2.59. The summed E-state index contributed by atoms with van der Waals surface area (Å²) in [5.41, 5.74) is -0.374. The summed E-state index contributed by atoms with van der Waals surface area (Å²) in [7, 11) is 1.45. The second-order valence-electron chi connectivity index (χ2n) is 6.12. The SMILES string of the molecule is COc1ccc(C(=O)Nc2ccccc2C(=O)Nc2cccc(C(F)(F)F)c2)cn1. The molecular formula is C21H16F3N3O3. The number of para-hydroxylation sites is 1. The van der Waals surface area contributed by atoms with Crippen molar-refractivity contribution in [2.75, 3.05) is 17.7 Å². The maximum absolute atomic E-state index is 12.9. The maximum atomic E-state index is 12.9. The van der Waals surface area contributed by atoms with E-state index in [9.17, 15) is 22.8 Å². The number of benzene rings is 2. The Bertz CT molecular complexity index is 1070. The first kappa shape index (κ1) is 20.8. The van der Waals surface area contributed by atoms with Crippen LogP contribution in [0.1, 0.15) is 26.3 Å². The van der Waals surface area contributed by atoms with Crippen LogP contribution in [0, 0.1) is 0 Å². The van der Waals surface area contributed by atoms with Gasteiger partial charge >= 0.3 is 6.18 Å². The van der Waals surface area contributed by atoms with Gasteiger partial charge in [-0.3, -0.25) is 9.59 Å². The Balaban J connectivity index is 1.79. The van der Waals surface area contributed by atoms with E-state index < -0.39 is 23.6 Å². The van der Waals surface area contributed by atoms with Crippen molar-refractivity contribution in [1.82, 2.24) is 4.98 Å². The van der Waals surface area contributed by atoms with Crippen LogP contribution in [0.4, 0.5) is 24.5 Å². The van der Waals surface area contributed by atoms with Crippen LogP contribution >= 0.6 is 0 Å². The Morgan fingerprint density at radius 3 is 2.37 bits per heavy atom. The molecule has 0 radical (unpaired) electrons. The summed E-state index contributed by atoms with van der Waals surface area (Å²) in [5.74, 6) is -0.838. The number of carbonyl (C=O) groups excluding carboxylic acids is 2. The van der Waals surface area contributed by atoms with Gasteiger partial charge in [-0.1, -0.05) is 18.2 Å². The Kier molecular flexibility index (Phi) is 6.01. The lowest BCUT2D eigenvalue weighted by atomic mass is 10.1. The van der Waals surface area contributed by atoms with Crippen LogP contribution in [0.25, 0.3) is 0 Å². The number of rotatable bonds is 5. The van der Waals surface area contributed by atoms with Crippen LogP contribution in [0.5, 0.6) is 5.88 Å². The lowest BCUT2D eigenvalue weighted by molar-refractivity contribution is -0.137. The molecule has 2 amide bonds. The number of nitrogens with one attached hydrogen (secondary N) is 2. The predicted molar refractivity (Wildman–Crippen MR) is 105 cm³/mol. The van der Waals surface area contributed by atoms with Crippen molar-refractivity contribution in [3.05, 3.63) is 83.6 Å². The molecule has 0 aliphatic rings. The summed E-state index contributed by atoms with van der Waals surface area (Å²) >= 11 is 0. The minimum atomic E-state index is -4.53. The standard InChI is InChI=1S/C21H16F3N3O3/c1-30-18-10-9-13(12-25-18)19(28)27-17-8-3-2-7-16(17)20(29)26-15-6-4-5-14(11-15)21(22,23)24/h2-12H,1H3,(H,26,29)(H,27,28). The molecule has 0 aliphatic heterocycles. The fraction of sp³-hybridized carbons (Fsp3) is 0.0952. The molecule has 0 spiro atoms. The molecule has 2 aromatic carbocycles. The third-order valence-corrected chi connectivity index (χ3v) is 4.08. The predicted octanol–water partition coefficient (Wildman–Crippen LogP) is 4.61. The largest absolute Gasteiger partial charge is 0.481 e. The van der Waals surface area contributed by atoms with E-state index in [1.54, 1.807) is 12.1 Å². The minimum absolute atomic E-state index is 0.0182. The lowest BCUT2D eigenvalue weighted by Crippen LogP contribution is -2.18. The van der Waals surface area contributed by atoms with E-state index in [0.717, 1.165) is 12.1 Å². The van der Waals surface area contributed by atoms with Crippen LogP contribution in [0.2, 0.25) is 0 Å². The summed E-state index contributed by atoms with van der Waals surface area (Å²) in [6, 6.07) is 13.5. The van der Waals surface area contributed by atoms with Gasteiger partial charge in [0.15, 0.2) is 0 Å². The van der Waals surface area contributed by atoms with Crippen LogP contribution < -0.4 is 15.4 Å². The average Bonchev–Trinajstić information content (AvgIpc) is 2.73. The number of alkyl halides is 3. The number of carbonyl (C=O) groups is 2. The second kappa shape index (κ2) is 8.64. The molecule has 0 saturated carbocycles. The number of amides is 2. The van der Waals surface area contributed by atoms with Gasteiger partial charge < -0.3 is 15.4 Å². The molecule has 1 aromatic heterocycles. The van der Waals surface area contributed by atoms with Gasteiger partial charge in [0, 0.05) is 18.0 Å². The minimum Gasteiger partial charge on any atom is -0.481 e. The molecule has 1 heterocycles. The number of methoxy groups -OCH3 is 1. The summed E-state index contributed by atoms with van der Waals surface area (Å²) in [5, 5.41) is 5.03. The number of aromatic nitrogens is 1. The number of ether oxygens (including phenoxy) is 1.